The molecular weight excluding hydrogens is 160 g/mol. The lowest BCUT2D eigenvalue weighted by Crippen LogP contribution is -2.35. The van der Waals surface area contributed by atoms with Gasteiger partial charge in [0.1, 0.15) is 0 Å². The first-order valence-electron chi connectivity index (χ1n) is 4.85. The fraction of sp³-hybridized carbons (Fsp3) is 0.455. The van der Waals surface area contributed by atoms with Gasteiger partial charge in [-0.1, -0.05) is 24.3 Å². The van der Waals surface area contributed by atoms with Crippen molar-refractivity contribution in [3.05, 3.63) is 35.4 Å². The summed E-state index contributed by atoms with van der Waals surface area (Å²) in [5.41, 5.74) is 5.82. The molecule has 0 amide bonds. The van der Waals surface area contributed by atoms with Gasteiger partial charge >= 0.3 is 0 Å². The van der Waals surface area contributed by atoms with Crippen molar-refractivity contribution in [1.29, 1.82) is 0 Å². The first-order chi connectivity index (χ1) is 6.31. The Labute approximate surface area is 79.1 Å². The Morgan fingerprint density at radius 3 is 3.00 bits per heavy atom. The van der Waals surface area contributed by atoms with Gasteiger partial charge in [0.25, 0.3) is 0 Å². The lowest BCUT2D eigenvalue weighted by atomic mass is 9.75. The summed E-state index contributed by atoms with van der Waals surface area (Å²) in [4.78, 5) is 0. The van der Waals surface area contributed by atoms with Crippen LogP contribution in [-0.2, 0) is 6.42 Å². The van der Waals surface area contributed by atoms with Crippen molar-refractivity contribution >= 4 is 0 Å². The van der Waals surface area contributed by atoms with E-state index < -0.39 is 0 Å². The highest BCUT2D eigenvalue weighted by Crippen LogP contribution is 2.37. The molecule has 0 saturated heterocycles. The van der Waals surface area contributed by atoms with E-state index >= 15 is 0 Å². The van der Waals surface area contributed by atoms with Crippen LogP contribution in [0.2, 0.25) is 0 Å². The Kier molecular flexibility index (Phi) is 2.34. The zero-order chi connectivity index (χ0) is 9.26. The Balaban J connectivity index is 2.01. The lowest BCUT2D eigenvalue weighted by Gasteiger charge is -2.31. The van der Waals surface area contributed by atoms with E-state index in [4.69, 9.17) is 5.84 Å². The summed E-state index contributed by atoms with van der Waals surface area (Å²) in [5.74, 6) is 6.09. The third-order valence-electron chi connectivity index (χ3n) is 2.88. The quantitative estimate of drug-likeness (QED) is 0.542. The first-order valence-corrected chi connectivity index (χ1v) is 4.85. The fourth-order valence-electron chi connectivity index (χ4n) is 2.07. The molecule has 2 atom stereocenters. The molecule has 1 aromatic rings. The van der Waals surface area contributed by atoms with Gasteiger partial charge in [0.05, 0.1) is 0 Å². The number of hydrazine groups is 1. The zero-order valence-corrected chi connectivity index (χ0v) is 7.96. The number of hydrogen-bond acceptors (Lipinski definition) is 2. The van der Waals surface area contributed by atoms with Crippen LogP contribution < -0.4 is 11.3 Å². The minimum atomic E-state index is 0.415. The fourth-order valence-corrected chi connectivity index (χ4v) is 2.07. The first kappa shape index (κ1) is 8.73. The molecule has 2 heteroatoms. The topological polar surface area (TPSA) is 38.0 Å². The molecule has 2 unspecified atom stereocenters. The Bertz CT molecular complexity index is 296. The van der Waals surface area contributed by atoms with Crippen LogP contribution in [0.1, 0.15) is 30.4 Å². The maximum atomic E-state index is 5.37. The van der Waals surface area contributed by atoms with E-state index in [1.807, 2.05) is 0 Å². The molecule has 1 aliphatic carbocycles. The maximum Gasteiger partial charge on any atom is 0.0188 e. The molecule has 70 valence electrons. The highest BCUT2D eigenvalue weighted by Gasteiger charge is 2.26. The molecule has 13 heavy (non-hydrogen) atoms. The van der Waals surface area contributed by atoms with Crippen molar-refractivity contribution in [2.45, 2.75) is 31.7 Å². The van der Waals surface area contributed by atoms with Gasteiger partial charge in [0, 0.05) is 6.04 Å². The number of rotatable bonds is 3. The van der Waals surface area contributed by atoms with E-state index in [0.717, 1.165) is 12.3 Å². The predicted molar refractivity (Wildman–Crippen MR) is 54.3 cm³/mol. The molecule has 1 aliphatic rings. The van der Waals surface area contributed by atoms with E-state index in [1.165, 1.54) is 17.5 Å². The summed E-state index contributed by atoms with van der Waals surface area (Å²) in [6.07, 6.45) is 2.37. The van der Waals surface area contributed by atoms with Gasteiger partial charge in [-0.2, -0.15) is 0 Å². The second kappa shape index (κ2) is 3.48. The van der Waals surface area contributed by atoms with Crippen molar-refractivity contribution in [2.75, 3.05) is 0 Å². The van der Waals surface area contributed by atoms with Crippen LogP contribution in [-0.4, -0.2) is 6.04 Å². The summed E-state index contributed by atoms with van der Waals surface area (Å²) in [6, 6.07) is 9.09. The maximum absolute atomic E-state index is 5.37. The standard InChI is InChI=1S/C11H16N2/c1-8(13-12)6-10-7-9-4-2-3-5-11(9)10/h2-5,8,10,13H,6-7,12H2,1H3. The molecule has 0 spiro atoms. The highest BCUT2D eigenvalue weighted by molar-refractivity contribution is 5.39. The second-order valence-corrected chi connectivity index (χ2v) is 3.90. The summed E-state index contributed by atoms with van der Waals surface area (Å²) < 4.78 is 0. The van der Waals surface area contributed by atoms with Gasteiger partial charge in [-0.3, -0.25) is 11.3 Å². The molecule has 0 heterocycles. The van der Waals surface area contributed by atoms with E-state index in [1.54, 1.807) is 0 Å². The average Bonchev–Trinajstić information content (AvgIpc) is 2.14. The third-order valence-corrected chi connectivity index (χ3v) is 2.88. The molecule has 3 N–H and O–H groups in total. The van der Waals surface area contributed by atoms with Crippen LogP contribution in [0.4, 0.5) is 0 Å². The van der Waals surface area contributed by atoms with Gasteiger partial charge < -0.3 is 0 Å². The van der Waals surface area contributed by atoms with Crippen LogP contribution >= 0.6 is 0 Å². The van der Waals surface area contributed by atoms with Crippen LogP contribution in [0, 0.1) is 0 Å². The van der Waals surface area contributed by atoms with Crippen LogP contribution in [0.15, 0.2) is 24.3 Å². The van der Waals surface area contributed by atoms with Gasteiger partial charge in [0.2, 0.25) is 0 Å². The molecule has 0 bridgehead atoms. The van der Waals surface area contributed by atoms with E-state index in [0.29, 0.717) is 6.04 Å². The monoisotopic (exact) mass is 176 g/mol. The Morgan fingerprint density at radius 1 is 1.54 bits per heavy atom. The molecule has 0 aliphatic heterocycles. The molecule has 0 saturated carbocycles. The summed E-state index contributed by atoms with van der Waals surface area (Å²) in [6.45, 7) is 2.13. The second-order valence-electron chi connectivity index (χ2n) is 3.90. The van der Waals surface area contributed by atoms with Crippen LogP contribution in [0.3, 0.4) is 0 Å². The van der Waals surface area contributed by atoms with Gasteiger partial charge in [-0.25, -0.2) is 0 Å². The van der Waals surface area contributed by atoms with Crippen LogP contribution in [0.25, 0.3) is 0 Å². The molecule has 0 fully saturated rings. The Morgan fingerprint density at radius 2 is 2.31 bits per heavy atom. The molecule has 2 rings (SSSR count). The van der Waals surface area contributed by atoms with Gasteiger partial charge in [0.15, 0.2) is 0 Å². The number of nitrogens with one attached hydrogen (secondary N) is 1. The summed E-state index contributed by atoms with van der Waals surface area (Å²) >= 11 is 0. The van der Waals surface area contributed by atoms with Gasteiger partial charge in [-0.05, 0) is 36.8 Å². The summed E-state index contributed by atoms with van der Waals surface area (Å²) in [5, 5.41) is 0. The van der Waals surface area contributed by atoms with Crippen molar-refractivity contribution in [1.82, 2.24) is 5.43 Å². The minimum absolute atomic E-state index is 0.415. The van der Waals surface area contributed by atoms with Crippen molar-refractivity contribution in [3.63, 3.8) is 0 Å². The molecule has 1 aromatic carbocycles. The van der Waals surface area contributed by atoms with Crippen molar-refractivity contribution in [3.8, 4) is 0 Å². The van der Waals surface area contributed by atoms with E-state index in [2.05, 4.69) is 36.6 Å². The number of fused-ring (bicyclic) bond motifs is 1. The zero-order valence-electron chi connectivity index (χ0n) is 7.96. The molecule has 0 aromatic heterocycles. The predicted octanol–water partition coefficient (Wildman–Crippen LogP) is 1.57. The number of hydrogen-bond donors (Lipinski definition) is 2. The molecular formula is C11H16N2. The van der Waals surface area contributed by atoms with E-state index in [9.17, 15) is 0 Å². The van der Waals surface area contributed by atoms with E-state index in [-0.39, 0.29) is 0 Å². The smallest absolute Gasteiger partial charge is 0.0188 e. The Hall–Kier alpha value is -0.860. The largest absolute Gasteiger partial charge is 0.271 e. The van der Waals surface area contributed by atoms with Crippen molar-refractivity contribution < 1.29 is 0 Å². The molecule has 2 nitrogen and oxygen atoms in total. The molecule has 0 radical (unpaired) electrons. The number of nitrogens with two attached hydrogens (primary N) is 1. The third kappa shape index (κ3) is 1.60. The summed E-state index contributed by atoms with van der Waals surface area (Å²) in [7, 11) is 0. The van der Waals surface area contributed by atoms with Crippen molar-refractivity contribution in [2.24, 2.45) is 5.84 Å². The van der Waals surface area contributed by atoms with Crippen LogP contribution in [0.5, 0.6) is 0 Å². The normalized spacial score (nSPS) is 21.8. The minimum Gasteiger partial charge on any atom is -0.271 e. The average molecular weight is 176 g/mol. The number of benzene rings is 1. The SMILES string of the molecule is CC(CC1Cc2ccccc21)NN. The van der Waals surface area contributed by atoms with Gasteiger partial charge in [-0.15, -0.1) is 0 Å². The highest BCUT2D eigenvalue weighted by atomic mass is 15.2. The lowest BCUT2D eigenvalue weighted by molar-refractivity contribution is 0.447.